The lowest BCUT2D eigenvalue weighted by Gasteiger charge is -2.15. The number of benzene rings is 1. The van der Waals surface area contributed by atoms with Gasteiger partial charge in [0, 0.05) is 30.0 Å². The largest absolute Gasteiger partial charge is 0.467 e. The van der Waals surface area contributed by atoms with Crippen LogP contribution in [0.4, 0.5) is 0 Å². The van der Waals surface area contributed by atoms with Crippen LogP contribution in [0.3, 0.4) is 0 Å². The van der Waals surface area contributed by atoms with Crippen LogP contribution in [-0.4, -0.2) is 35.8 Å². The van der Waals surface area contributed by atoms with Crippen LogP contribution in [0.1, 0.15) is 12.5 Å². The van der Waals surface area contributed by atoms with Gasteiger partial charge in [0.2, 0.25) is 5.91 Å². The number of aromatic nitrogens is 1. The summed E-state index contributed by atoms with van der Waals surface area (Å²) in [5.41, 5.74) is 2.07. The van der Waals surface area contributed by atoms with E-state index in [9.17, 15) is 9.59 Å². The Morgan fingerprint density at radius 2 is 2.09 bits per heavy atom. The van der Waals surface area contributed by atoms with Gasteiger partial charge in [0.25, 0.3) is 0 Å². The van der Waals surface area contributed by atoms with E-state index in [2.05, 4.69) is 10.3 Å². The molecule has 1 aromatic heterocycles. The molecule has 0 spiro atoms. The van der Waals surface area contributed by atoms with Gasteiger partial charge in [0.15, 0.2) is 0 Å². The van der Waals surface area contributed by atoms with E-state index in [1.807, 2.05) is 30.3 Å². The number of nitrogens with zero attached hydrogens (tertiary/aromatic N) is 1. The Morgan fingerprint density at radius 1 is 1.32 bits per heavy atom. The standard InChI is InChI=1S/C16H18N2O3S/c1-11(19)18-14(16(20)21-2)10-22-9-13-6-3-5-12-7-4-8-17-15(12)13/h3-8,14H,9-10H2,1-2H3,(H,18,19)/t14-/m0/s1. The molecule has 0 aliphatic rings. The summed E-state index contributed by atoms with van der Waals surface area (Å²) in [7, 11) is 1.32. The van der Waals surface area contributed by atoms with Gasteiger partial charge >= 0.3 is 5.97 Å². The minimum Gasteiger partial charge on any atom is -0.467 e. The maximum Gasteiger partial charge on any atom is 0.329 e. The van der Waals surface area contributed by atoms with Crippen LogP contribution in [0.2, 0.25) is 0 Å². The topological polar surface area (TPSA) is 68.3 Å². The van der Waals surface area contributed by atoms with Gasteiger partial charge < -0.3 is 10.1 Å². The van der Waals surface area contributed by atoms with E-state index in [0.29, 0.717) is 11.5 Å². The van der Waals surface area contributed by atoms with Crippen LogP contribution in [0.25, 0.3) is 10.9 Å². The van der Waals surface area contributed by atoms with Gasteiger partial charge in [-0.1, -0.05) is 24.3 Å². The van der Waals surface area contributed by atoms with E-state index in [1.54, 1.807) is 18.0 Å². The molecule has 2 aromatic rings. The van der Waals surface area contributed by atoms with E-state index >= 15 is 0 Å². The first-order valence-electron chi connectivity index (χ1n) is 6.87. The van der Waals surface area contributed by atoms with Crippen molar-refractivity contribution in [2.24, 2.45) is 0 Å². The third-order valence-corrected chi connectivity index (χ3v) is 4.21. The van der Waals surface area contributed by atoms with Crippen molar-refractivity contribution >= 4 is 34.5 Å². The van der Waals surface area contributed by atoms with E-state index in [4.69, 9.17) is 4.74 Å². The first-order valence-corrected chi connectivity index (χ1v) is 8.02. The van der Waals surface area contributed by atoms with Gasteiger partial charge in [0.05, 0.1) is 12.6 Å². The van der Waals surface area contributed by atoms with Gasteiger partial charge in [-0.25, -0.2) is 4.79 Å². The predicted octanol–water partition coefficient (Wildman–Crippen LogP) is 2.15. The lowest BCUT2D eigenvalue weighted by atomic mass is 10.1. The number of nitrogens with one attached hydrogen (secondary N) is 1. The quantitative estimate of drug-likeness (QED) is 0.827. The maximum atomic E-state index is 11.6. The second kappa shape index (κ2) is 7.79. The number of thioether (sulfide) groups is 1. The third-order valence-electron chi connectivity index (χ3n) is 3.12. The summed E-state index contributed by atoms with van der Waals surface area (Å²) >= 11 is 1.56. The maximum absolute atomic E-state index is 11.6. The van der Waals surface area contributed by atoms with Crippen LogP contribution in [-0.2, 0) is 20.1 Å². The zero-order valence-corrected chi connectivity index (χ0v) is 13.4. The number of pyridine rings is 1. The highest BCUT2D eigenvalue weighted by molar-refractivity contribution is 7.98. The molecule has 0 saturated heterocycles. The van der Waals surface area contributed by atoms with Crippen molar-refractivity contribution in [2.75, 3.05) is 12.9 Å². The van der Waals surface area contributed by atoms with Crippen LogP contribution >= 0.6 is 11.8 Å². The number of para-hydroxylation sites is 1. The summed E-state index contributed by atoms with van der Waals surface area (Å²) in [6.45, 7) is 1.38. The average molecular weight is 318 g/mol. The zero-order valence-electron chi connectivity index (χ0n) is 12.5. The van der Waals surface area contributed by atoms with E-state index < -0.39 is 12.0 Å². The highest BCUT2D eigenvalue weighted by Crippen LogP contribution is 2.21. The van der Waals surface area contributed by atoms with Crippen LogP contribution in [0, 0.1) is 0 Å². The molecule has 22 heavy (non-hydrogen) atoms. The Labute approximate surface area is 133 Å². The van der Waals surface area contributed by atoms with Crippen molar-refractivity contribution in [3.8, 4) is 0 Å². The molecule has 1 heterocycles. The molecule has 1 atom stereocenters. The summed E-state index contributed by atoms with van der Waals surface area (Å²) in [6, 6.07) is 9.33. The minimum atomic E-state index is -0.629. The molecular weight excluding hydrogens is 300 g/mol. The Bertz CT molecular complexity index is 670. The lowest BCUT2D eigenvalue weighted by molar-refractivity contribution is -0.144. The summed E-state index contributed by atoms with van der Waals surface area (Å²) in [5, 5.41) is 3.69. The number of rotatable bonds is 6. The van der Waals surface area contributed by atoms with Crippen molar-refractivity contribution in [3.63, 3.8) is 0 Å². The smallest absolute Gasteiger partial charge is 0.329 e. The Kier molecular flexibility index (Phi) is 5.77. The number of carbonyl (C=O) groups is 2. The molecule has 0 fully saturated rings. The fourth-order valence-corrected chi connectivity index (χ4v) is 3.15. The van der Waals surface area contributed by atoms with Crippen LogP contribution < -0.4 is 5.32 Å². The Hall–Kier alpha value is -2.08. The molecule has 0 unspecified atom stereocenters. The summed E-state index contributed by atoms with van der Waals surface area (Å²) < 4.78 is 4.71. The monoisotopic (exact) mass is 318 g/mol. The first kappa shape index (κ1) is 16.3. The fourth-order valence-electron chi connectivity index (χ4n) is 2.13. The van der Waals surface area contributed by atoms with E-state index in [1.165, 1.54) is 14.0 Å². The van der Waals surface area contributed by atoms with E-state index in [0.717, 1.165) is 16.5 Å². The number of hydrogen-bond acceptors (Lipinski definition) is 5. The molecule has 0 bridgehead atoms. The minimum absolute atomic E-state index is 0.247. The van der Waals surface area contributed by atoms with Crippen molar-refractivity contribution in [1.82, 2.24) is 10.3 Å². The van der Waals surface area contributed by atoms with Gasteiger partial charge in [-0.05, 0) is 11.6 Å². The average Bonchev–Trinajstić information content (AvgIpc) is 2.53. The Balaban J connectivity index is 2.01. The second-order valence-electron chi connectivity index (χ2n) is 4.78. The number of amides is 1. The molecule has 1 N–H and O–H groups in total. The van der Waals surface area contributed by atoms with Gasteiger partial charge in [0.1, 0.15) is 6.04 Å². The molecule has 1 aromatic carbocycles. The van der Waals surface area contributed by atoms with Crippen molar-refractivity contribution in [2.45, 2.75) is 18.7 Å². The number of carbonyl (C=O) groups excluding carboxylic acids is 2. The molecule has 0 radical (unpaired) electrons. The molecule has 5 nitrogen and oxygen atoms in total. The third kappa shape index (κ3) is 4.21. The summed E-state index contributed by atoms with van der Waals surface area (Å²) in [5.74, 6) is 0.484. The van der Waals surface area contributed by atoms with Crippen molar-refractivity contribution < 1.29 is 14.3 Å². The normalized spacial score (nSPS) is 11.9. The molecule has 0 aliphatic heterocycles. The highest BCUT2D eigenvalue weighted by atomic mass is 32.2. The number of ether oxygens (including phenoxy) is 1. The number of fused-ring (bicyclic) bond motifs is 1. The van der Waals surface area contributed by atoms with Crippen LogP contribution in [0.15, 0.2) is 36.5 Å². The zero-order chi connectivity index (χ0) is 15.9. The molecule has 1 amide bonds. The Morgan fingerprint density at radius 3 is 2.82 bits per heavy atom. The van der Waals surface area contributed by atoms with Gasteiger partial charge in [-0.3, -0.25) is 9.78 Å². The molecule has 0 aliphatic carbocycles. The fraction of sp³-hybridized carbons (Fsp3) is 0.312. The lowest BCUT2D eigenvalue weighted by Crippen LogP contribution is -2.42. The van der Waals surface area contributed by atoms with Gasteiger partial charge in [-0.15, -0.1) is 0 Å². The molecule has 0 saturated carbocycles. The number of esters is 1. The SMILES string of the molecule is COC(=O)[C@H](CSCc1cccc2cccnc12)NC(C)=O. The van der Waals surface area contributed by atoms with Crippen LogP contribution in [0.5, 0.6) is 0 Å². The molecule has 116 valence electrons. The first-order chi connectivity index (χ1) is 10.6. The highest BCUT2D eigenvalue weighted by Gasteiger charge is 2.20. The molecule has 6 heteroatoms. The predicted molar refractivity (Wildman–Crippen MR) is 87.5 cm³/mol. The van der Waals surface area contributed by atoms with Crippen molar-refractivity contribution in [3.05, 3.63) is 42.1 Å². The number of methoxy groups -OCH3 is 1. The summed E-state index contributed by atoms with van der Waals surface area (Å²) in [4.78, 5) is 27.2. The number of hydrogen-bond donors (Lipinski definition) is 1. The van der Waals surface area contributed by atoms with Gasteiger partial charge in [-0.2, -0.15) is 11.8 Å². The molecule has 2 rings (SSSR count). The van der Waals surface area contributed by atoms with Crippen molar-refractivity contribution in [1.29, 1.82) is 0 Å². The van der Waals surface area contributed by atoms with E-state index in [-0.39, 0.29) is 5.91 Å². The second-order valence-corrected chi connectivity index (χ2v) is 5.81. The summed E-state index contributed by atoms with van der Waals surface area (Å²) in [6.07, 6.45) is 1.77. The molecular formula is C16H18N2O3S.